The Morgan fingerprint density at radius 3 is 2.28 bits per heavy atom. The van der Waals surface area contributed by atoms with Crippen LogP contribution in [0.1, 0.15) is 29.2 Å². The molecule has 1 atom stereocenters. The molecule has 0 aliphatic carbocycles. The van der Waals surface area contributed by atoms with Crippen molar-refractivity contribution in [2.45, 2.75) is 26.8 Å². The van der Waals surface area contributed by atoms with Gasteiger partial charge in [-0.2, -0.15) is 0 Å². The monoisotopic (exact) mass is 241 g/mol. The number of nitrogens with one attached hydrogen (secondary N) is 1. The molecule has 0 aromatic heterocycles. The number of hydrogen-bond acceptors (Lipinski definition) is 2. The SMILES string of the molecule is C#Cc1cc(C)c(C2=C(O)C(C)NC2=O)c(C)c1. The first-order valence-electron chi connectivity index (χ1n) is 5.78. The van der Waals surface area contributed by atoms with Gasteiger partial charge >= 0.3 is 0 Å². The lowest BCUT2D eigenvalue weighted by Gasteiger charge is -2.11. The van der Waals surface area contributed by atoms with Crippen LogP contribution < -0.4 is 5.32 Å². The van der Waals surface area contributed by atoms with Crippen molar-refractivity contribution in [3.8, 4) is 12.3 Å². The minimum Gasteiger partial charge on any atom is -0.509 e. The second-order valence-electron chi connectivity index (χ2n) is 4.58. The molecule has 92 valence electrons. The highest BCUT2D eigenvalue weighted by molar-refractivity contribution is 6.23. The number of aliphatic hydroxyl groups excluding tert-OH is 1. The van der Waals surface area contributed by atoms with Crippen molar-refractivity contribution in [2.75, 3.05) is 0 Å². The normalized spacial score (nSPS) is 18.8. The molecule has 0 saturated heterocycles. The average Bonchev–Trinajstić information content (AvgIpc) is 2.54. The van der Waals surface area contributed by atoms with Crippen LogP contribution in [0.25, 0.3) is 5.57 Å². The third-order valence-electron chi connectivity index (χ3n) is 3.19. The molecule has 2 rings (SSSR count). The maximum Gasteiger partial charge on any atom is 0.255 e. The molecule has 1 aliphatic heterocycles. The van der Waals surface area contributed by atoms with Crippen molar-refractivity contribution in [3.05, 3.63) is 40.1 Å². The first-order valence-corrected chi connectivity index (χ1v) is 5.78. The molecule has 1 amide bonds. The molecule has 0 fully saturated rings. The van der Waals surface area contributed by atoms with Gasteiger partial charge in [-0.05, 0) is 49.6 Å². The van der Waals surface area contributed by atoms with Gasteiger partial charge in [0.25, 0.3) is 5.91 Å². The van der Waals surface area contributed by atoms with Crippen LogP contribution in [0.15, 0.2) is 17.9 Å². The standard InChI is InChI=1S/C15H15NO2/c1-5-11-6-8(2)12(9(3)7-11)13-14(17)10(4)16-15(13)18/h1,6-7,10,17H,2-4H3,(H,16,18). The molecular formula is C15H15NO2. The first kappa shape index (κ1) is 12.3. The molecule has 1 aromatic rings. The maximum absolute atomic E-state index is 11.9. The number of terminal acetylenes is 1. The molecule has 1 aliphatic rings. The largest absolute Gasteiger partial charge is 0.509 e. The summed E-state index contributed by atoms with van der Waals surface area (Å²) in [5.74, 6) is 2.44. The van der Waals surface area contributed by atoms with E-state index in [0.29, 0.717) is 5.57 Å². The van der Waals surface area contributed by atoms with E-state index in [1.165, 1.54) is 0 Å². The van der Waals surface area contributed by atoms with Gasteiger partial charge < -0.3 is 10.4 Å². The van der Waals surface area contributed by atoms with Gasteiger partial charge in [-0.1, -0.05) is 5.92 Å². The number of aryl methyl sites for hydroxylation is 2. The Kier molecular flexibility index (Phi) is 2.88. The van der Waals surface area contributed by atoms with E-state index in [4.69, 9.17) is 6.42 Å². The van der Waals surface area contributed by atoms with Crippen LogP contribution in [-0.2, 0) is 4.79 Å². The van der Waals surface area contributed by atoms with E-state index in [-0.39, 0.29) is 17.7 Å². The molecule has 1 aromatic carbocycles. The van der Waals surface area contributed by atoms with Crippen molar-refractivity contribution in [2.24, 2.45) is 0 Å². The van der Waals surface area contributed by atoms with Crippen molar-refractivity contribution >= 4 is 11.5 Å². The fourth-order valence-corrected chi connectivity index (χ4v) is 2.35. The highest BCUT2D eigenvalue weighted by Crippen LogP contribution is 2.30. The van der Waals surface area contributed by atoms with E-state index in [0.717, 1.165) is 22.3 Å². The number of amides is 1. The Bertz CT molecular complexity index is 582. The highest BCUT2D eigenvalue weighted by atomic mass is 16.3. The number of aliphatic hydroxyl groups is 1. The number of rotatable bonds is 1. The van der Waals surface area contributed by atoms with Gasteiger partial charge in [0, 0.05) is 5.56 Å². The topological polar surface area (TPSA) is 49.3 Å². The van der Waals surface area contributed by atoms with Crippen molar-refractivity contribution in [1.29, 1.82) is 0 Å². The molecular weight excluding hydrogens is 226 g/mol. The molecule has 3 heteroatoms. The summed E-state index contributed by atoms with van der Waals surface area (Å²) in [4.78, 5) is 11.9. The van der Waals surface area contributed by atoms with Gasteiger partial charge in [0.1, 0.15) is 5.76 Å². The lowest BCUT2D eigenvalue weighted by Crippen LogP contribution is -2.25. The molecule has 0 saturated carbocycles. The molecule has 0 spiro atoms. The van der Waals surface area contributed by atoms with Gasteiger partial charge in [-0.25, -0.2) is 0 Å². The van der Waals surface area contributed by atoms with Crippen LogP contribution >= 0.6 is 0 Å². The molecule has 0 radical (unpaired) electrons. The first-order chi connectivity index (χ1) is 8.45. The molecule has 2 N–H and O–H groups in total. The Balaban J connectivity index is 2.67. The smallest absolute Gasteiger partial charge is 0.255 e. The average molecular weight is 241 g/mol. The minimum absolute atomic E-state index is 0.0969. The number of carbonyl (C=O) groups excluding carboxylic acids is 1. The fourth-order valence-electron chi connectivity index (χ4n) is 2.35. The van der Waals surface area contributed by atoms with Gasteiger partial charge in [0.2, 0.25) is 0 Å². The van der Waals surface area contributed by atoms with E-state index < -0.39 is 0 Å². The lowest BCUT2D eigenvalue weighted by atomic mass is 9.93. The van der Waals surface area contributed by atoms with E-state index >= 15 is 0 Å². The van der Waals surface area contributed by atoms with E-state index in [9.17, 15) is 9.90 Å². The Hall–Kier alpha value is -2.21. The molecule has 18 heavy (non-hydrogen) atoms. The predicted molar refractivity (Wildman–Crippen MR) is 71.0 cm³/mol. The summed E-state index contributed by atoms with van der Waals surface area (Å²) in [6.45, 7) is 5.53. The van der Waals surface area contributed by atoms with Crippen LogP contribution in [-0.4, -0.2) is 17.1 Å². The maximum atomic E-state index is 11.9. The zero-order chi connectivity index (χ0) is 13.4. The Morgan fingerprint density at radius 1 is 1.33 bits per heavy atom. The van der Waals surface area contributed by atoms with Gasteiger partial charge in [-0.3, -0.25) is 4.79 Å². The van der Waals surface area contributed by atoms with Gasteiger partial charge in [0.05, 0.1) is 11.6 Å². The zero-order valence-electron chi connectivity index (χ0n) is 10.7. The van der Waals surface area contributed by atoms with Crippen molar-refractivity contribution in [1.82, 2.24) is 5.32 Å². The van der Waals surface area contributed by atoms with Crippen LogP contribution in [0, 0.1) is 26.2 Å². The van der Waals surface area contributed by atoms with Crippen LogP contribution in [0.4, 0.5) is 0 Å². The van der Waals surface area contributed by atoms with Crippen molar-refractivity contribution in [3.63, 3.8) is 0 Å². The summed E-state index contributed by atoms with van der Waals surface area (Å²) in [7, 11) is 0. The number of hydrogen-bond donors (Lipinski definition) is 2. The van der Waals surface area contributed by atoms with Crippen LogP contribution in [0.2, 0.25) is 0 Å². The molecule has 0 bridgehead atoms. The number of benzene rings is 1. The third kappa shape index (κ3) is 1.76. The van der Waals surface area contributed by atoms with Crippen LogP contribution in [0.5, 0.6) is 0 Å². The molecule has 1 unspecified atom stereocenters. The quantitative estimate of drug-likeness (QED) is 0.739. The minimum atomic E-state index is -0.335. The predicted octanol–water partition coefficient (Wildman–Crippen LogP) is 2.07. The fraction of sp³-hybridized carbons (Fsp3) is 0.267. The summed E-state index contributed by atoms with van der Waals surface area (Å²) in [6.07, 6.45) is 5.38. The highest BCUT2D eigenvalue weighted by Gasteiger charge is 2.31. The summed E-state index contributed by atoms with van der Waals surface area (Å²) in [6, 6.07) is 3.36. The third-order valence-corrected chi connectivity index (χ3v) is 3.19. The summed E-state index contributed by atoms with van der Waals surface area (Å²) in [5.41, 5.74) is 3.71. The summed E-state index contributed by atoms with van der Waals surface area (Å²) in [5, 5.41) is 12.7. The zero-order valence-corrected chi connectivity index (χ0v) is 10.7. The Morgan fingerprint density at radius 2 is 1.89 bits per heavy atom. The summed E-state index contributed by atoms with van der Waals surface area (Å²) < 4.78 is 0. The van der Waals surface area contributed by atoms with Gasteiger partial charge in [0.15, 0.2) is 0 Å². The molecule has 3 nitrogen and oxygen atoms in total. The van der Waals surface area contributed by atoms with E-state index in [1.807, 2.05) is 26.0 Å². The van der Waals surface area contributed by atoms with Crippen LogP contribution in [0.3, 0.4) is 0 Å². The van der Waals surface area contributed by atoms with Gasteiger partial charge in [-0.15, -0.1) is 6.42 Å². The summed E-state index contributed by atoms with van der Waals surface area (Å²) >= 11 is 0. The number of carbonyl (C=O) groups is 1. The lowest BCUT2D eigenvalue weighted by molar-refractivity contribution is -0.115. The second kappa shape index (κ2) is 4.23. The second-order valence-corrected chi connectivity index (χ2v) is 4.58. The molecule has 1 heterocycles. The van der Waals surface area contributed by atoms with E-state index in [1.54, 1.807) is 6.92 Å². The Labute approximate surface area is 107 Å². The van der Waals surface area contributed by atoms with E-state index in [2.05, 4.69) is 11.2 Å². The van der Waals surface area contributed by atoms with Crippen molar-refractivity contribution < 1.29 is 9.90 Å².